The SMILES string of the molecule is O=C(Nc1cccc(OC[C@H]2CCCO2)c1)c1ccc(Cl)o1. The van der Waals surface area contributed by atoms with E-state index >= 15 is 0 Å². The summed E-state index contributed by atoms with van der Waals surface area (Å²) >= 11 is 5.66. The average Bonchev–Trinajstić information content (AvgIpc) is 3.17. The maximum absolute atomic E-state index is 12.0. The highest BCUT2D eigenvalue weighted by Crippen LogP contribution is 2.21. The van der Waals surface area contributed by atoms with Crippen molar-refractivity contribution in [3.8, 4) is 5.75 Å². The second-order valence-electron chi connectivity index (χ2n) is 5.03. The fourth-order valence-corrected chi connectivity index (χ4v) is 2.40. The van der Waals surface area contributed by atoms with E-state index in [-0.39, 0.29) is 23.0 Å². The molecular weight excluding hydrogens is 306 g/mol. The summed E-state index contributed by atoms with van der Waals surface area (Å²) in [5, 5.41) is 2.92. The Morgan fingerprint density at radius 2 is 2.27 bits per heavy atom. The highest BCUT2D eigenvalue weighted by atomic mass is 35.5. The smallest absolute Gasteiger partial charge is 0.291 e. The van der Waals surface area contributed by atoms with Crippen LogP contribution in [0.5, 0.6) is 5.75 Å². The van der Waals surface area contributed by atoms with Crippen molar-refractivity contribution in [1.29, 1.82) is 0 Å². The number of rotatable bonds is 5. The van der Waals surface area contributed by atoms with Gasteiger partial charge in [0.2, 0.25) is 0 Å². The van der Waals surface area contributed by atoms with E-state index in [1.54, 1.807) is 12.1 Å². The molecule has 0 radical (unpaired) electrons. The highest BCUT2D eigenvalue weighted by molar-refractivity contribution is 6.29. The van der Waals surface area contributed by atoms with E-state index in [9.17, 15) is 4.79 Å². The summed E-state index contributed by atoms with van der Waals surface area (Å²) in [4.78, 5) is 12.0. The Hall–Kier alpha value is -1.98. The first-order valence-corrected chi connectivity index (χ1v) is 7.50. The van der Waals surface area contributed by atoms with Crippen LogP contribution in [-0.2, 0) is 4.74 Å². The number of benzene rings is 1. The number of amides is 1. The number of carbonyl (C=O) groups excluding carboxylic acids is 1. The molecule has 0 bridgehead atoms. The van der Waals surface area contributed by atoms with E-state index in [4.69, 9.17) is 25.5 Å². The molecule has 22 heavy (non-hydrogen) atoms. The van der Waals surface area contributed by atoms with E-state index in [2.05, 4.69) is 5.32 Å². The summed E-state index contributed by atoms with van der Waals surface area (Å²) in [5.74, 6) is 0.490. The molecule has 1 saturated heterocycles. The van der Waals surface area contributed by atoms with Crippen LogP contribution in [-0.4, -0.2) is 25.2 Å². The third-order valence-electron chi connectivity index (χ3n) is 3.35. The number of carbonyl (C=O) groups is 1. The van der Waals surface area contributed by atoms with Crippen LogP contribution in [0.3, 0.4) is 0 Å². The number of ether oxygens (including phenoxy) is 2. The summed E-state index contributed by atoms with van der Waals surface area (Å²) in [6.07, 6.45) is 2.26. The average molecular weight is 322 g/mol. The van der Waals surface area contributed by atoms with Crippen LogP contribution in [0.1, 0.15) is 23.4 Å². The zero-order valence-electron chi connectivity index (χ0n) is 11.9. The molecule has 3 rings (SSSR count). The first kappa shape index (κ1) is 14.9. The molecule has 1 aliphatic rings. The Labute approximate surface area is 133 Å². The minimum atomic E-state index is -0.358. The van der Waals surface area contributed by atoms with Crippen LogP contribution >= 0.6 is 11.6 Å². The number of anilines is 1. The van der Waals surface area contributed by atoms with Gasteiger partial charge in [-0.3, -0.25) is 4.79 Å². The van der Waals surface area contributed by atoms with Crippen molar-refractivity contribution in [1.82, 2.24) is 0 Å². The van der Waals surface area contributed by atoms with Gasteiger partial charge in [-0.15, -0.1) is 0 Å². The minimum absolute atomic E-state index is 0.156. The lowest BCUT2D eigenvalue weighted by atomic mass is 10.2. The van der Waals surface area contributed by atoms with Crippen molar-refractivity contribution in [3.63, 3.8) is 0 Å². The third kappa shape index (κ3) is 3.81. The van der Waals surface area contributed by atoms with E-state index in [1.165, 1.54) is 12.1 Å². The van der Waals surface area contributed by atoms with Crippen LogP contribution in [0.25, 0.3) is 0 Å². The van der Waals surface area contributed by atoms with Crippen molar-refractivity contribution in [3.05, 3.63) is 47.4 Å². The van der Waals surface area contributed by atoms with Gasteiger partial charge in [0.15, 0.2) is 11.0 Å². The van der Waals surface area contributed by atoms with Crippen LogP contribution in [0.4, 0.5) is 5.69 Å². The molecule has 2 heterocycles. The van der Waals surface area contributed by atoms with Gasteiger partial charge >= 0.3 is 0 Å². The fraction of sp³-hybridized carbons (Fsp3) is 0.312. The summed E-state index contributed by atoms with van der Waals surface area (Å²) in [5.41, 5.74) is 0.627. The van der Waals surface area contributed by atoms with Gasteiger partial charge in [0.05, 0.1) is 6.10 Å². The standard InChI is InChI=1S/C16H16ClNO4/c17-15-7-6-14(22-15)16(19)18-11-3-1-4-12(9-11)21-10-13-5-2-8-20-13/h1,3-4,6-7,9,13H,2,5,8,10H2,(H,18,19)/t13-/m1/s1. The Balaban J connectivity index is 1.59. The number of halogens is 1. The molecule has 2 aromatic rings. The van der Waals surface area contributed by atoms with Crippen LogP contribution < -0.4 is 10.1 Å². The van der Waals surface area contributed by atoms with Crippen molar-refractivity contribution in [2.24, 2.45) is 0 Å². The molecule has 1 aromatic heterocycles. The van der Waals surface area contributed by atoms with E-state index in [0.29, 0.717) is 18.0 Å². The van der Waals surface area contributed by atoms with Gasteiger partial charge in [-0.1, -0.05) is 6.07 Å². The molecule has 0 saturated carbocycles. The van der Waals surface area contributed by atoms with Crippen molar-refractivity contribution in [2.75, 3.05) is 18.5 Å². The second-order valence-corrected chi connectivity index (χ2v) is 5.40. The number of hydrogen-bond acceptors (Lipinski definition) is 4. The van der Waals surface area contributed by atoms with Crippen molar-refractivity contribution < 1.29 is 18.7 Å². The summed E-state index contributed by atoms with van der Waals surface area (Å²) in [7, 11) is 0. The summed E-state index contributed by atoms with van der Waals surface area (Å²) in [6.45, 7) is 1.32. The largest absolute Gasteiger partial charge is 0.491 e. The zero-order valence-corrected chi connectivity index (χ0v) is 12.6. The fourth-order valence-electron chi connectivity index (χ4n) is 2.26. The summed E-state index contributed by atoms with van der Waals surface area (Å²) in [6, 6.07) is 10.2. The van der Waals surface area contributed by atoms with Gasteiger partial charge in [-0.05, 0) is 48.7 Å². The first-order chi connectivity index (χ1) is 10.7. The molecular formula is C16H16ClNO4. The topological polar surface area (TPSA) is 60.7 Å². The molecule has 116 valence electrons. The van der Waals surface area contributed by atoms with Gasteiger partial charge in [0, 0.05) is 18.4 Å². The molecule has 0 unspecified atom stereocenters. The molecule has 1 aromatic carbocycles. The highest BCUT2D eigenvalue weighted by Gasteiger charge is 2.16. The van der Waals surface area contributed by atoms with E-state index in [1.807, 2.05) is 12.1 Å². The Kier molecular flexibility index (Phi) is 4.65. The Bertz CT molecular complexity index is 649. The van der Waals surface area contributed by atoms with E-state index < -0.39 is 0 Å². The molecule has 1 aliphatic heterocycles. The minimum Gasteiger partial charge on any atom is -0.491 e. The molecule has 1 fully saturated rings. The normalized spacial score (nSPS) is 17.4. The lowest BCUT2D eigenvalue weighted by Crippen LogP contribution is -2.16. The zero-order chi connectivity index (χ0) is 15.4. The van der Waals surface area contributed by atoms with Crippen LogP contribution in [0.15, 0.2) is 40.8 Å². The van der Waals surface area contributed by atoms with Gasteiger partial charge in [0.1, 0.15) is 12.4 Å². The molecule has 6 heteroatoms. The third-order valence-corrected chi connectivity index (χ3v) is 3.55. The Morgan fingerprint density at radius 1 is 1.36 bits per heavy atom. The molecule has 1 amide bonds. The van der Waals surface area contributed by atoms with E-state index in [0.717, 1.165) is 19.4 Å². The molecule has 0 aliphatic carbocycles. The second kappa shape index (κ2) is 6.85. The lowest BCUT2D eigenvalue weighted by Gasteiger charge is -2.12. The molecule has 1 N–H and O–H groups in total. The number of nitrogens with one attached hydrogen (secondary N) is 1. The molecule has 0 spiro atoms. The molecule has 5 nitrogen and oxygen atoms in total. The van der Waals surface area contributed by atoms with Crippen molar-refractivity contribution >= 4 is 23.2 Å². The van der Waals surface area contributed by atoms with Crippen molar-refractivity contribution in [2.45, 2.75) is 18.9 Å². The predicted octanol–water partition coefficient (Wildman–Crippen LogP) is 3.74. The van der Waals surface area contributed by atoms with Crippen LogP contribution in [0.2, 0.25) is 5.22 Å². The number of hydrogen-bond donors (Lipinski definition) is 1. The van der Waals surface area contributed by atoms with Gasteiger partial charge < -0.3 is 19.2 Å². The molecule has 1 atom stereocenters. The van der Waals surface area contributed by atoms with Crippen LogP contribution in [0, 0.1) is 0 Å². The Morgan fingerprint density at radius 3 is 3.00 bits per heavy atom. The lowest BCUT2D eigenvalue weighted by molar-refractivity contribution is 0.0680. The quantitative estimate of drug-likeness (QED) is 0.911. The predicted molar refractivity (Wildman–Crippen MR) is 82.6 cm³/mol. The van der Waals surface area contributed by atoms with Gasteiger partial charge in [0.25, 0.3) is 5.91 Å². The summed E-state index contributed by atoms with van der Waals surface area (Å²) < 4.78 is 16.3. The first-order valence-electron chi connectivity index (χ1n) is 7.12. The van der Waals surface area contributed by atoms with Gasteiger partial charge in [-0.25, -0.2) is 0 Å². The maximum atomic E-state index is 12.0. The monoisotopic (exact) mass is 321 g/mol. The van der Waals surface area contributed by atoms with Gasteiger partial charge in [-0.2, -0.15) is 0 Å². The number of furan rings is 1. The maximum Gasteiger partial charge on any atom is 0.291 e.